The third-order valence-electron chi connectivity index (χ3n) is 2.53. The van der Waals surface area contributed by atoms with Crippen molar-refractivity contribution in [2.75, 3.05) is 5.32 Å². The van der Waals surface area contributed by atoms with Gasteiger partial charge in [0, 0.05) is 12.2 Å². The van der Waals surface area contributed by atoms with Crippen LogP contribution in [0.15, 0.2) is 35.0 Å². The summed E-state index contributed by atoms with van der Waals surface area (Å²) in [5.74, 6) is -0.883. The van der Waals surface area contributed by atoms with Crippen LogP contribution in [-0.4, -0.2) is 11.1 Å². The first-order chi connectivity index (χ1) is 8.16. The predicted molar refractivity (Wildman–Crippen MR) is 69.8 cm³/mol. The third-order valence-corrected chi connectivity index (χ3v) is 3.27. The van der Waals surface area contributed by atoms with Crippen LogP contribution in [0.5, 0.6) is 0 Å². The third kappa shape index (κ3) is 2.85. The number of anilines is 1. The summed E-state index contributed by atoms with van der Waals surface area (Å²) in [6, 6.07) is 7.35. The molecule has 2 rings (SSSR count). The molecular formula is C13H13NO2S. The van der Waals surface area contributed by atoms with E-state index in [0.29, 0.717) is 5.56 Å². The average Bonchev–Trinajstić information content (AvgIpc) is 2.78. The molecule has 3 nitrogen and oxygen atoms in total. The van der Waals surface area contributed by atoms with E-state index in [1.807, 2.05) is 11.4 Å². The van der Waals surface area contributed by atoms with Crippen molar-refractivity contribution in [2.24, 2.45) is 0 Å². The topological polar surface area (TPSA) is 49.3 Å². The van der Waals surface area contributed by atoms with Crippen LogP contribution >= 0.6 is 11.3 Å². The molecule has 0 radical (unpaired) electrons. The lowest BCUT2D eigenvalue weighted by Crippen LogP contribution is -2.02. The molecule has 1 aromatic heterocycles. The normalized spacial score (nSPS) is 10.2. The number of carbonyl (C=O) groups is 1. The molecule has 0 spiro atoms. The number of hydrogen-bond acceptors (Lipinski definition) is 3. The fourth-order valence-electron chi connectivity index (χ4n) is 1.61. The van der Waals surface area contributed by atoms with Gasteiger partial charge in [-0.2, -0.15) is 11.3 Å². The van der Waals surface area contributed by atoms with Gasteiger partial charge in [0.1, 0.15) is 0 Å². The standard InChI is InChI=1S/C13H13NO2S/c1-9-6-11(2-3-12(9)13(15)16)14-7-10-4-5-17-8-10/h2-6,8,14H,7H2,1H3,(H,15,16). The lowest BCUT2D eigenvalue weighted by molar-refractivity contribution is 0.0696. The molecule has 0 atom stereocenters. The van der Waals surface area contributed by atoms with Gasteiger partial charge in [0.15, 0.2) is 0 Å². The molecule has 0 saturated carbocycles. The molecule has 4 heteroatoms. The summed E-state index contributed by atoms with van der Waals surface area (Å²) in [6.07, 6.45) is 0. The summed E-state index contributed by atoms with van der Waals surface area (Å²) < 4.78 is 0. The van der Waals surface area contributed by atoms with Gasteiger partial charge in [0.05, 0.1) is 5.56 Å². The molecule has 1 heterocycles. The van der Waals surface area contributed by atoms with Gasteiger partial charge in [-0.25, -0.2) is 4.79 Å². The number of hydrogen-bond donors (Lipinski definition) is 2. The minimum absolute atomic E-state index is 0.353. The van der Waals surface area contributed by atoms with Crippen molar-refractivity contribution in [3.63, 3.8) is 0 Å². The van der Waals surface area contributed by atoms with E-state index in [0.717, 1.165) is 17.8 Å². The second-order valence-corrected chi connectivity index (χ2v) is 4.60. The largest absolute Gasteiger partial charge is 0.478 e. The first kappa shape index (κ1) is 11.7. The van der Waals surface area contributed by atoms with Crippen LogP contribution in [0.25, 0.3) is 0 Å². The Morgan fingerprint density at radius 3 is 2.82 bits per heavy atom. The van der Waals surface area contributed by atoms with E-state index in [9.17, 15) is 4.79 Å². The Kier molecular flexibility index (Phi) is 3.44. The number of carboxylic acid groups (broad SMARTS) is 1. The highest BCUT2D eigenvalue weighted by atomic mass is 32.1. The zero-order valence-corrected chi connectivity index (χ0v) is 10.3. The van der Waals surface area contributed by atoms with E-state index < -0.39 is 5.97 Å². The lowest BCUT2D eigenvalue weighted by atomic mass is 10.1. The monoisotopic (exact) mass is 247 g/mol. The van der Waals surface area contributed by atoms with Crippen molar-refractivity contribution in [3.05, 3.63) is 51.7 Å². The predicted octanol–water partition coefficient (Wildman–Crippen LogP) is 3.37. The van der Waals surface area contributed by atoms with Gasteiger partial charge in [-0.1, -0.05) is 0 Å². The van der Waals surface area contributed by atoms with Gasteiger partial charge < -0.3 is 10.4 Å². The van der Waals surface area contributed by atoms with E-state index in [1.165, 1.54) is 5.56 Å². The minimum atomic E-state index is -0.883. The van der Waals surface area contributed by atoms with E-state index >= 15 is 0 Å². The molecule has 0 amide bonds. The van der Waals surface area contributed by atoms with Crippen molar-refractivity contribution in [1.82, 2.24) is 0 Å². The molecule has 0 aliphatic rings. The molecule has 0 saturated heterocycles. The Morgan fingerprint density at radius 2 is 2.24 bits per heavy atom. The highest BCUT2D eigenvalue weighted by Gasteiger charge is 2.06. The number of thiophene rings is 1. The molecule has 1 aromatic carbocycles. The molecule has 0 bridgehead atoms. The SMILES string of the molecule is Cc1cc(NCc2ccsc2)ccc1C(=O)O. The van der Waals surface area contributed by atoms with Crippen molar-refractivity contribution in [1.29, 1.82) is 0 Å². The smallest absolute Gasteiger partial charge is 0.335 e. The Labute approximate surface area is 104 Å². The average molecular weight is 247 g/mol. The molecule has 17 heavy (non-hydrogen) atoms. The maximum Gasteiger partial charge on any atom is 0.335 e. The maximum atomic E-state index is 10.9. The second kappa shape index (κ2) is 5.01. The van der Waals surface area contributed by atoms with E-state index in [1.54, 1.807) is 30.4 Å². The first-order valence-electron chi connectivity index (χ1n) is 5.25. The molecule has 2 N–H and O–H groups in total. The van der Waals surface area contributed by atoms with Crippen LogP contribution in [0.3, 0.4) is 0 Å². The van der Waals surface area contributed by atoms with Crippen molar-refractivity contribution >= 4 is 23.0 Å². The van der Waals surface area contributed by atoms with E-state index in [2.05, 4.69) is 16.8 Å². The van der Waals surface area contributed by atoms with E-state index in [4.69, 9.17) is 5.11 Å². The molecule has 0 unspecified atom stereocenters. The lowest BCUT2D eigenvalue weighted by Gasteiger charge is -2.07. The fourth-order valence-corrected chi connectivity index (χ4v) is 2.28. The quantitative estimate of drug-likeness (QED) is 0.871. The number of carboxylic acids is 1. The highest BCUT2D eigenvalue weighted by molar-refractivity contribution is 7.07. The van der Waals surface area contributed by atoms with Crippen molar-refractivity contribution in [2.45, 2.75) is 13.5 Å². The molecule has 2 aromatic rings. The number of aromatic carboxylic acids is 1. The first-order valence-corrected chi connectivity index (χ1v) is 6.20. The number of benzene rings is 1. The summed E-state index contributed by atoms with van der Waals surface area (Å²) in [7, 11) is 0. The summed E-state index contributed by atoms with van der Waals surface area (Å²) in [4.78, 5) is 10.9. The highest BCUT2D eigenvalue weighted by Crippen LogP contribution is 2.16. The number of aryl methyl sites for hydroxylation is 1. The Balaban J connectivity index is 2.07. The van der Waals surface area contributed by atoms with E-state index in [-0.39, 0.29) is 0 Å². The van der Waals surface area contributed by atoms with Crippen LogP contribution in [0.1, 0.15) is 21.5 Å². The molecule has 0 aliphatic heterocycles. The van der Waals surface area contributed by atoms with Crippen molar-refractivity contribution < 1.29 is 9.90 Å². The van der Waals surface area contributed by atoms with Crippen LogP contribution in [0.4, 0.5) is 5.69 Å². The fraction of sp³-hybridized carbons (Fsp3) is 0.154. The van der Waals surface area contributed by atoms with Crippen molar-refractivity contribution in [3.8, 4) is 0 Å². The number of rotatable bonds is 4. The van der Waals surface area contributed by atoms with Gasteiger partial charge in [0.2, 0.25) is 0 Å². The van der Waals surface area contributed by atoms with Gasteiger partial charge in [-0.15, -0.1) is 0 Å². The molecule has 0 fully saturated rings. The van der Waals surface area contributed by atoms with Crippen LogP contribution in [0.2, 0.25) is 0 Å². The van der Waals surface area contributed by atoms with Gasteiger partial charge >= 0.3 is 5.97 Å². The molecule has 0 aliphatic carbocycles. The molecule has 88 valence electrons. The zero-order valence-electron chi connectivity index (χ0n) is 9.43. The second-order valence-electron chi connectivity index (χ2n) is 3.82. The summed E-state index contributed by atoms with van der Waals surface area (Å²) >= 11 is 1.67. The summed E-state index contributed by atoms with van der Waals surface area (Å²) in [6.45, 7) is 2.56. The number of nitrogens with one attached hydrogen (secondary N) is 1. The van der Waals surface area contributed by atoms with Gasteiger partial charge in [0.25, 0.3) is 0 Å². The summed E-state index contributed by atoms with van der Waals surface area (Å²) in [5, 5.41) is 16.3. The summed E-state index contributed by atoms with van der Waals surface area (Å²) in [5.41, 5.74) is 3.30. The Hall–Kier alpha value is -1.81. The molecular weight excluding hydrogens is 234 g/mol. The zero-order chi connectivity index (χ0) is 12.3. The Bertz CT molecular complexity index is 520. The van der Waals surface area contributed by atoms with Crippen LogP contribution in [0, 0.1) is 6.92 Å². The minimum Gasteiger partial charge on any atom is -0.478 e. The van der Waals surface area contributed by atoms with Crippen LogP contribution < -0.4 is 5.32 Å². The maximum absolute atomic E-state index is 10.9. The van der Waals surface area contributed by atoms with Gasteiger partial charge in [-0.05, 0) is 53.1 Å². The van der Waals surface area contributed by atoms with Gasteiger partial charge in [-0.3, -0.25) is 0 Å². The van der Waals surface area contributed by atoms with Crippen LogP contribution in [-0.2, 0) is 6.54 Å². The Morgan fingerprint density at radius 1 is 1.41 bits per heavy atom.